The summed E-state index contributed by atoms with van der Waals surface area (Å²) in [7, 11) is 0. The Hall–Kier alpha value is -1.21. The standard InChI is InChI=1S/C10H12BrN3O3/c11-8-3-7(14(16)17)4-12-9(8)13-5-10(6-15)1-2-10/h3-4,15H,1-2,5-6H2,(H,12,13). The molecule has 1 aliphatic carbocycles. The van der Waals surface area contributed by atoms with Crippen LogP contribution in [0.25, 0.3) is 0 Å². The highest BCUT2D eigenvalue weighted by Gasteiger charge is 2.41. The molecule has 1 fully saturated rings. The first kappa shape index (κ1) is 12.3. The van der Waals surface area contributed by atoms with Crippen LogP contribution in [0.15, 0.2) is 16.7 Å². The number of hydrogen-bond donors (Lipinski definition) is 2. The molecule has 17 heavy (non-hydrogen) atoms. The average molecular weight is 302 g/mol. The maximum Gasteiger partial charge on any atom is 0.288 e. The van der Waals surface area contributed by atoms with Gasteiger partial charge in [-0.2, -0.15) is 0 Å². The zero-order valence-corrected chi connectivity index (χ0v) is 10.6. The monoisotopic (exact) mass is 301 g/mol. The Bertz CT molecular complexity index is 448. The van der Waals surface area contributed by atoms with Gasteiger partial charge in [0.25, 0.3) is 5.69 Å². The minimum Gasteiger partial charge on any atom is -0.396 e. The number of halogens is 1. The topological polar surface area (TPSA) is 88.3 Å². The molecule has 7 heteroatoms. The third kappa shape index (κ3) is 2.73. The Morgan fingerprint density at radius 1 is 1.65 bits per heavy atom. The Morgan fingerprint density at radius 2 is 2.35 bits per heavy atom. The van der Waals surface area contributed by atoms with Crippen LogP contribution < -0.4 is 5.32 Å². The molecule has 0 amide bonds. The second-order valence-electron chi connectivity index (χ2n) is 4.29. The first-order chi connectivity index (χ1) is 8.06. The van der Waals surface area contributed by atoms with Crippen molar-refractivity contribution < 1.29 is 10.0 Å². The fourth-order valence-electron chi connectivity index (χ4n) is 1.50. The molecule has 1 heterocycles. The van der Waals surface area contributed by atoms with E-state index in [0.717, 1.165) is 12.8 Å². The molecule has 0 saturated heterocycles. The molecule has 0 atom stereocenters. The highest BCUT2D eigenvalue weighted by Crippen LogP contribution is 2.45. The number of nitrogens with zero attached hydrogens (tertiary/aromatic N) is 2. The van der Waals surface area contributed by atoms with Crippen molar-refractivity contribution in [3.05, 3.63) is 26.9 Å². The number of nitro groups is 1. The van der Waals surface area contributed by atoms with Crippen molar-refractivity contribution >= 4 is 27.4 Å². The van der Waals surface area contributed by atoms with Crippen LogP contribution in [0.5, 0.6) is 0 Å². The summed E-state index contributed by atoms with van der Waals surface area (Å²) in [6, 6.07) is 1.41. The van der Waals surface area contributed by atoms with Crippen LogP contribution in [0.1, 0.15) is 12.8 Å². The molecule has 92 valence electrons. The molecular weight excluding hydrogens is 290 g/mol. The first-order valence-corrected chi connectivity index (χ1v) is 6.00. The van der Waals surface area contributed by atoms with Crippen molar-refractivity contribution in [3.8, 4) is 0 Å². The Balaban J connectivity index is 2.04. The molecule has 0 unspecified atom stereocenters. The van der Waals surface area contributed by atoms with Gasteiger partial charge < -0.3 is 10.4 Å². The lowest BCUT2D eigenvalue weighted by molar-refractivity contribution is -0.385. The molecule has 1 aromatic heterocycles. The van der Waals surface area contributed by atoms with E-state index < -0.39 is 4.92 Å². The van der Waals surface area contributed by atoms with Gasteiger partial charge >= 0.3 is 0 Å². The van der Waals surface area contributed by atoms with Crippen molar-refractivity contribution in [1.29, 1.82) is 0 Å². The maximum atomic E-state index is 10.5. The van der Waals surface area contributed by atoms with Gasteiger partial charge in [0.1, 0.15) is 12.0 Å². The van der Waals surface area contributed by atoms with Crippen LogP contribution in [-0.2, 0) is 0 Å². The number of hydrogen-bond acceptors (Lipinski definition) is 5. The van der Waals surface area contributed by atoms with E-state index in [0.29, 0.717) is 16.8 Å². The second kappa shape index (κ2) is 4.58. The predicted molar refractivity (Wildman–Crippen MR) is 65.8 cm³/mol. The summed E-state index contributed by atoms with van der Waals surface area (Å²) < 4.78 is 0.556. The van der Waals surface area contributed by atoms with E-state index in [9.17, 15) is 10.1 Å². The second-order valence-corrected chi connectivity index (χ2v) is 5.15. The van der Waals surface area contributed by atoms with Crippen LogP contribution in [0, 0.1) is 15.5 Å². The molecule has 2 N–H and O–H groups in total. The summed E-state index contributed by atoms with van der Waals surface area (Å²) in [5, 5.41) is 22.8. The predicted octanol–water partition coefficient (Wildman–Crippen LogP) is 1.94. The van der Waals surface area contributed by atoms with Crippen LogP contribution in [0.3, 0.4) is 0 Å². The van der Waals surface area contributed by atoms with Crippen molar-refractivity contribution in [2.24, 2.45) is 5.41 Å². The molecule has 0 radical (unpaired) electrons. The van der Waals surface area contributed by atoms with Gasteiger partial charge in [-0.05, 0) is 28.8 Å². The normalized spacial score (nSPS) is 16.6. The molecule has 1 aromatic rings. The average Bonchev–Trinajstić information content (AvgIpc) is 3.08. The molecule has 6 nitrogen and oxygen atoms in total. The highest BCUT2D eigenvalue weighted by molar-refractivity contribution is 9.10. The minimum absolute atomic E-state index is 0.0249. The number of aliphatic hydroxyl groups is 1. The molecule has 0 bridgehead atoms. The third-order valence-corrected chi connectivity index (χ3v) is 3.57. The number of aromatic nitrogens is 1. The van der Waals surface area contributed by atoms with Gasteiger partial charge in [-0.25, -0.2) is 4.98 Å². The van der Waals surface area contributed by atoms with E-state index in [-0.39, 0.29) is 17.7 Å². The van der Waals surface area contributed by atoms with Crippen molar-refractivity contribution in [2.45, 2.75) is 12.8 Å². The van der Waals surface area contributed by atoms with Gasteiger partial charge in [0.2, 0.25) is 0 Å². The summed E-state index contributed by atoms with van der Waals surface area (Å²) >= 11 is 3.23. The van der Waals surface area contributed by atoms with Gasteiger partial charge in [0, 0.05) is 18.0 Å². The summed E-state index contributed by atoms with van der Waals surface area (Å²) in [5.74, 6) is 0.565. The van der Waals surface area contributed by atoms with Crippen molar-refractivity contribution in [1.82, 2.24) is 4.98 Å². The van der Waals surface area contributed by atoms with E-state index >= 15 is 0 Å². The minimum atomic E-state index is -0.488. The van der Waals surface area contributed by atoms with Crippen LogP contribution in [0.2, 0.25) is 0 Å². The van der Waals surface area contributed by atoms with E-state index in [1.165, 1.54) is 12.3 Å². The number of nitrogens with one attached hydrogen (secondary N) is 1. The van der Waals surface area contributed by atoms with Gasteiger partial charge in [-0.1, -0.05) is 0 Å². The summed E-state index contributed by atoms with van der Waals surface area (Å²) in [6.07, 6.45) is 3.22. The highest BCUT2D eigenvalue weighted by atomic mass is 79.9. The number of aliphatic hydroxyl groups excluding tert-OH is 1. The SMILES string of the molecule is O=[N+]([O-])c1cnc(NCC2(CO)CC2)c(Br)c1. The smallest absolute Gasteiger partial charge is 0.288 e. The lowest BCUT2D eigenvalue weighted by atomic mass is 10.1. The summed E-state index contributed by atoms with van der Waals surface area (Å²) in [4.78, 5) is 14.0. The Kier molecular flexibility index (Phi) is 3.30. The lowest BCUT2D eigenvalue weighted by Gasteiger charge is -2.13. The van der Waals surface area contributed by atoms with E-state index in [1.54, 1.807) is 0 Å². The first-order valence-electron chi connectivity index (χ1n) is 5.21. The van der Waals surface area contributed by atoms with E-state index in [1.807, 2.05) is 0 Å². The fourth-order valence-corrected chi connectivity index (χ4v) is 1.97. The molecule has 0 aromatic carbocycles. The van der Waals surface area contributed by atoms with Gasteiger partial charge in [-0.15, -0.1) is 0 Å². The zero-order chi connectivity index (χ0) is 12.5. The molecule has 0 spiro atoms. The quantitative estimate of drug-likeness (QED) is 0.641. The summed E-state index contributed by atoms with van der Waals surface area (Å²) in [5.41, 5.74) is -0.0752. The number of rotatable bonds is 5. The molecule has 1 aliphatic rings. The van der Waals surface area contributed by atoms with Gasteiger partial charge in [0.15, 0.2) is 0 Å². The fraction of sp³-hybridized carbons (Fsp3) is 0.500. The van der Waals surface area contributed by atoms with Crippen LogP contribution in [-0.4, -0.2) is 28.2 Å². The lowest BCUT2D eigenvalue weighted by Crippen LogP contribution is -2.19. The molecule has 2 rings (SSSR count). The van der Waals surface area contributed by atoms with E-state index in [2.05, 4.69) is 26.2 Å². The molecule has 1 saturated carbocycles. The maximum absolute atomic E-state index is 10.5. The van der Waals surface area contributed by atoms with Gasteiger partial charge in [0.05, 0.1) is 16.0 Å². The Morgan fingerprint density at radius 3 is 2.82 bits per heavy atom. The third-order valence-electron chi connectivity index (χ3n) is 2.96. The van der Waals surface area contributed by atoms with Gasteiger partial charge in [-0.3, -0.25) is 10.1 Å². The van der Waals surface area contributed by atoms with Crippen molar-refractivity contribution in [2.75, 3.05) is 18.5 Å². The van der Waals surface area contributed by atoms with E-state index in [4.69, 9.17) is 5.11 Å². The Labute approximate surface area is 106 Å². The largest absolute Gasteiger partial charge is 0.396 e. The number of pyridine rings is 1. The molecule has 0 aliphatic heterocycles. The zero-order valence-electron chi connectivity index (χ0n) is 9.02. The van der Waals surface area contributed by atoms with Crippen LogP contribution in [0.4, 0.5) is 11.5 Å². The van der Waals surface area contributed by atoms with Crippen LogP contribution >= 0.6 is 15.9 Å². The molecular formula is C10H12BrN3O3. The number of anilines is 1. The van der Waals surface area contributed by atoms with Crippen molar-refractivity contribution in [3.63, 3.8) is 0 Å². The summed E-state index contributed by atoms with van der Waals surface area (Å²) in [6.45, 7) is 0.789.